The van der Waals surface area contributed by atoms with E-state index in [1.54, 1.807) is 0 Å². The van der Waals surface area contributed by atoms with Crippen molar-refractivity contribution in [3.05, 3.63) is 75.5 Å². The third-order valence-corrected chi connectivity index (χ3v) is 4.36. The van der Waals surface area contributed by atoms with Gasteiger partial charge in [0.25, 0.3) is 5.56 Å². The van der Waals surface area contributed by atoms with E-state index in [9.17, 15) is 48.7 Å². The summed E-state index contributed by atoms with van der Waals surface area (Å²) in [7, 11) is 0. The summed E-state index contributed by atoms with van der Waals surface area (Å²) in [5, 5.41) is 0. The molecule has 33 heavy (non-hydrogen) atoms. The third-order valence-electron chi connectivity index (χ3n) is 4.36. The third kappa shape index (κ3) is 4.64. The second kappa shape index (κ2) is 7.78. The van der Waals surface area contributed by atoms with E-state index in [1.807, 2.05) is 0 Å². The summed E-state index contributed by atoms with van der Waals surface area (Å²) >= 11 is 0. The fraction of sp³-hybridized carbons (Fsp3) is 0.158. The molecule has 0 aliphatic rings. The Balaban J connectivity index is 2.49. The van der Waals surface area contributed by atoms with Crippen molar-refractivity contribution >= 4 is 5.69 Å². The summed E-state index contributed by atoms with van der Waals surface area (Å²) in [6, 6.07) is 3.28. The monoisotopic (exact) mass is 485 g/mol. The van der Waals surface area contributed by atoms with Crippen LogP contribution in [0.2, 0.25) is 0 Å². The minimum absolute atomic E-state index is 0.190. The summed E-state index contributed by atoms with van der Waals surface area (Å²) in [6.45, 7) is 0. The molecule has 0 saturated heterocycles. The number of anilines is 1. The molecular formula is C19H9F10N3O. The number of hydrogen-bond donors (Lipinski definition) is 1. The van der Waals surface area contributed by atoms with Crippen LogP contribution in [0.5, 0.6) is 0 Å². The second-order valence-electron chi connectivity index (χ2n) is 6.57. The molecule has 2 N–H and O–H groups in total. The van der Waals surface area contributed by atoms with Gasteiger partial charge in [0, 0.05) is 5.56 Å². The topological polar surface area (TPSA) is 60.9 Å². The fourth-order valence-electron chi connectivity index (χ4n) is 2.91. The lowest BCUT2D eigenvalue weighted by Crippen LogP contribution is -2.30. The lowest BCUT2D eigenvalue weighted by molar-refractivity contribution is -0.142. The molecule has 2 aromatic carbocycles. The maximum absolute atomic E-state index is 13.6. The molecule has 0 spiro atoms. The highest BCUT2D eigenvalue weighted by Gasteiger charge is 2.41. The average Bonchev–Trinajstić information content (AvgIpc) is 2.68. The number of halogens is 10. The van der Waals surface area contributed by atoms with Crippen molar-refractivity contribution in [2.45, 2.75) is 18.5 Å². The predicted molar refractivity (Wildman–Crippen MR) is 94.6 cm³/mol. The standard InChI is InChI=1S/C19H9F10N3O/c20-9-2-4-10(5-3-9)32-15(31-14(19(27,28)29)13(30)16(32)33)11-6-1-8(17(21,22)23)7-12(11)18(24,25)26/h1-7H,30H2. The maximum Gasteiger partial charge on any atom is 0.435 e. The van der Waals surface area contributed by atoms with Gasteiger partial charge in [0.15, 0.2) is 5.69 Å². The second-order valence-corrected chi connectivity index (χ2v) is 6.57. The quantitative estimate of drug-likeness (QED) is 0.476. The van der Waals surface area contributed by atoms with Crippen LogP contribution in [-0.2, 0) is 18.5 Å². The number of rotatable bonds is 2. The van der Waals surface area contributed by atoms with Crippen LogP contribution in [0.1, 0.15) is 16.8 Å². The molecule has 4 nitrogen and oxygen atoms in total. The van der Waals surface area contributed by atoms with Gasteiger partial charge in [-0.1, -0.05) is 6.07 Å². The van der Waals surface area contributed by atoms with Crippen LogP contribution < -0.4 is 11.3 Å². The van der Waals surface area contributed by atoms with E-state index in [-0.39, 0.29) is 22.8 Å². The van der Waals surface area contributed by atoms with Gasteiger partial charge in [-0.05, 0) is 36.4 Å². The SMILES string of the molecule is Nc1c(C(F)(F)F)nc(-c2ccc(C(F)(F)F)cc2C(F)(F)F)n(-c2ccc(F)cc2)c1=O. The molecule has 0 atom stereocenters. The molecular weight excluding hydrogens is 476 g/mol. The highest BCUT2D eigenvalue weighted by atomic mass is 19.4. The number of nitrogens with zero attached hydrogens (tertiary/aromatic N) is 2. The van der Waals surface area contributed by atoms with Crippen LogP contribution in [-0.4, -0.2) is 9.55 Å². The van der Waals surface area contributed by atoms with E-state index in [0.29, 0.717) is 0 Å². The summed E-state index contributed by atoms with van der Waals surface area (Å²) in [5.74, 6) is -2.15. The van der Waals surface area contributed by atoms with Gasteiger partial charge in [-0.15, -0.1) is 0 Å². The molecule has 14 heteroatoms. The van der Waals surface area contributed by atoms with E-state index in [0.717, 1.165) is 24.3 Å². The maximum atomic E-state index is 13.6. The lowest BCUT2D eigenvalue weighted by Gasteiger charge is -2.20. The normalized spacial score (nSPS) is 12.8. The zero-order valence-corrected chi connectivity index (χ0v) is 15.7. The van der Waals surface area contributed by atoms with Gasteiger partial charge in [-0.25, -0.2) is 9.37 Å². The zero-order chi connectivity index (χ0) is 24.9. The molecule has 0 fully saturated rings. The molecule has 0 unspecified atom stereocenters. The molecule has 3 aromatic rings. The Hall–Kier alpha value is -3.58. The van der Waals surface area contributed by atoms with Crippen molar-refractivity contribution in [1.82, 2.24) is 9.55 Å². The van der Waals surface area contributed by atoms with Crippen LogP contribution in [0.3, 0.4) is 0 Å². The van der Waals surface area contributed by atoms with Crippen LogP contribution in [0, 0.1) is 5.82 Å². The van der Waals surface area contributed by atoms with Crippen molar-refractivity contribution in [3.63, 3.8) is 0 Å². The van der Waals surface area contributed by atoms with Crippen molar-refractivity contribution in [2.24, 2.45) is 0 Å². The number of aromatic nitrogens is 2. The first-order chi connectivity index (χ1) is 15.0. The molecule has 0 aliphatic heterocycles. The van der Waals surface area contributed by atoms with E-state index in [1.165, 1.54) is 0 Å². The Kier molecular flexibility index (Phi) is 5.67. The van der Waals surface area contributed by atoms with E-state index < -0.39 is 69.5 Å². The van der Waals surface area contributed by atoms with Gasteiger partial charge in [0.05, 0.1) is 16.8 Å². The zero-order valence-electron chi connectivity index (χ0n) is 15.7. The molecule has 0 aliphatic carbocycles. The Morgan fingerprint density at radius 2 is 1.36 bits per heavy atom. The van der Waals surface area contributed by atoms with Gasteiger partial charge in [-0.2, -0.15) is 39.5 Å². The molecule has 0 amide bonds. The molecule has 0 bridgehead atoms. The van der Waals surface area contributed by atoms with Gasteiger partial charge >= 0.3 is 18.5 Å². The summed E-state index contributed by atoms with van der Waals surface area (Å²) in [4.78, 5) is 15.7. The first-order valence-corrected chi connectivity index (χ1v) is 8.56. The summed E-state index contributed by atoms with van der Waals surface area (Å²) in [6.07, 6.45) is -16.1. The highest BCUT2D eigenvalue weighted by molar-refractivity contribution is 5.67. The largest absolute Gasteiger partial charge is 0.435 e. The minimum Gasteiger partial charge on any atom is -0.392 e. The van der Waals surface area contributed by atoms with Crippen LogP contribution in [0.25, 0.3) is 17.1 Å². The van der Waals surface area contributed by atoms with Gasteiger partial charge < -0.3 is 5.73 Å². The highest BCUT2D eigenvalue weighted by Crippen LogP contribution is 2.41. The smallest absolute Gasteiger partial charge is 0.392 e. The minimum atomic E-state index is -5.48. The van der Waals surface area contributed by atoms with Crippen molar-refractivity contribution in [1.29, 1.82) is 0 Å². The average molecular weight is 485 g/mol. The lowest BCUT2D eigenvalue weighted by atomic mass is 10.0. The Bertz CT molecular complexity index is 1260. The molecule has 176 valence electrons. The first-order valence-electron chi connectivity index (χ1n) is 8.56. The number of benzene rings is 2. The molecule has 3 rings (SSSR count). The number of hydrogen-bond acceptors (Lipinski definition) is 3. The van der Waals surface area contributed by atoms with Crippen molar-refractivity contribution < 1.29 is 43.9 Å². The number of alkyl halides is 9. The van der Waals surface area contributed by atoms with E-state index in [4.69, 9.17) is 5.73 Å². The number of nitrogen functional groups attached to an aromatic ring is 1. The summed E-state index contributed by atoms with van der Waals surface area (Å²) in [5.41, 5.74) is -5.37. The molecule has 1 heterocycles. The Morgan fingerprint density at radius 1 is 0.788 bits per heavy atom. The van der Waals surface area contributed by atoms with Crippen LogP contribution in [0.4, 0.5) is 49.6 Å². The first kappa shape index (κ1) is 24.1. The van der Waals surface area contributed by atoms with Crippen LogP contribution >= 0.6 is 0 Å². The van der Waals surface area contributed by atoms with E-state index in [2.05, 4.69) is 4.98 Å². The molecule has 0 saturated carbocycles. The molecule has 1 aromatic heterocycles. The van der Waals surface area contributed by atoms with Crippen LogP contribution in [0.15, 0.2) is 47.3 Å². The number of nitrogens with two attached hydrogens (primary N) is 1. The van der Waals surface area contributed by atoms with Crippen molar-refractivity contribution in [3.8, 4) is 17.1 Å². The van der Waals surface area contributed by atoms with E-state index >= 15 is 0 Å². The fourth-order valence-corrected chi connectivity index (χ4v) is 2.91. The Labute approximate surface area is 176 Å². The molecule has 0 radical (unpaired) electrons. The summed E-state index contributed by atoms with van der Waals surface area (Å²) < 4.78 is 133. The van der Waals surface area contributed by atoms with Gasteiger partial charge in [0.2, 0.25) is 0 Å². The van der Waals surface area contributed by atoms with Gasteiger partial charge in [-0.3, -0.25) is 9.36 Å². The van der Waals surface area contributed by atoms with Gasteiger partial charge in [0.1, 0.15) is 17.3 Å². The van der Waals surface area contributed by atoms with Crippen molar-refractivity contribution in [2.75, 3.05) is 5.73 Å². The Morgan fingerprint density at radius 3 is 1.85 bits per heavy atom. The predicted octanol–water partition coefficient (Wildman–Crippen LogP) is 5.68.